The molecular weight excluding hydrogens is 224 g/mol. The van der Waals surface area contributed by atoms with E-state index in [1.54, 1.807) is 6.26 Å². The topological polar surface area (TPSA) is 28.4 Å². The van der Waals surface area contributed by atoms with Gasteiger partial charge >= 0.3 is 0 Å². The van der Waals surface area contributed by atoms with Crippen LogP contribution in [0.15, 0.2) is 22.8 Å². The molecule has 0 bridgehead atoms. The summed E-state index contributed by atoms with van der Waals surface area (Å²) < 4.78 is 5.43. The van der Waals surface area contributed by atoms with Gasteiger partial charge in [-0.25, -0.2) is 0 Å². The van der Waals surface area contributed by atoms with Crippen molar-refractivity contribution in [3.8, 4) is 0 Å². The van der Waals surface area contributed by atoms with Crippen LogP contribution in [-0.2, 0) is 6.42 Å². The molecule has 18 heavy (non-hydrogen) atoms. The van der Waals surface area contributed by atoms with E-state index in [0.29, 0.717) is 11.6 Å². The van der Waals surface area contributed by atoms with Gasteiger partial charge in [-0.2, -0.15) is 0 Å². The number of rotatable bonds is 4. The maximum atomic E-state index is 5.43. The Morgan fingerprint density at radius 2 is 2.33 bits per heavy atom. The lowest BCUT2D eigenvalue weighted by Gasteiger charge is -2.45. The monoisotopic (exact) mass is 248 g/mol. The maximum Gasteiger partial charge on any atom is 0.105 e. The highest BCUT2D eigenvalue weighted by Crippen LogP contribution is 2.41. The quantitative estimate of drug-likeness (QED) is 0.886. The molecule has 1 saturated heterocycles. The molecule has 3 rings (SSSR count). The lowest BCUT2D eigenvalue weighted by molar-refractivity contribution is 0.0832. The summed E-state index contributed by atoms with van der Waals surface area (Å²) in [5.74, 6) is 2.00. The van der Waals surface area contributed by atoms with Crippen molar-refractivity contribution in [2.45, 2.75) is 44.7 Å². The second-order valence-electron chi connectivity index (χ2n) is 6.22. The molecule has 2 unspecified atom stereocenters. The zero-order valence-electron chi connectivity index (χ0n) is 11.5. The molecule has 2 heterocycles. The van der Waals surface area contributed by atoms with E-state index in [0.717, 1.165) is 31.2 Å². The standard InChI is InChI=1S/C15H24N2O/c1-12-10-16-15(2,13-5-6-13)11-17(12)8-7-14-4-3-9-18-14/h3-4,9,12-13,16H,5-8,10-11H2,1-2H3. The molecule has 0 radical (unpaired) electrons. The van der Waals surface area contributed by atoms with Crippen molar-refractivity contribution in [3.63, 3.8) is 0 Å². The van der Waals surface area contributed by atoms with Gasteiger partial charge < -0.3 is 9.73 Å². The number of nitrogens with one attached hydrogen (secondary N) is 1. The van der Waals surface area contributed by atoms with Gasteiger partial charge in [0.1, 0.15) is 5.76 Å². The van der Waals surface area contributed by atoms with Crippen molar-refractivity contribution < 1.29 is 4.42 Å². The molecule has 0 amide bonds. The largest absolute Gasteiger partial charge is 0.469 e. The van der Waals surface area contributed by atoms with E-state index in [9.17, 15) is 0 Å². The van der Waals surface area contributed by atoms with Gasteiger partial charge in [-0.3, -0.25) is 4.90 Å². The minimum Gasteiger partial charge on any atom is -0.469 e. The highest BCUT2D eigenvalue weighted by molar-refractivity contribution is 5.04. The molecule has 2 fully saturated rings. The van der Waals surface area contributed by atoms with Crippen LogP contribution in [0.3, 0.4) is 0 Å². The Kier molecular flexibility index (Phi) is 3.20. The van der Waals surface area contributed by atoms with Crippen LogP contribution >= 0.6 is 0 Å². The molecule has 1 aliphatic heterocycles. The van der Waals surface area contributed by atoms with Crippen LogP contribution in [0.5, 0.6) is 0 Å². The second-order valence-corrected chi connectivity index (χ2v) is 6.22. The van der Waals surface area contributed by atoms with E-state index in [2.05, 4.69) is 30.1 Å². The van der Waals surface area contributed by atoms with Gasteiger partial charge in [0.25, 0.3) is 0 Å². The average molecular weight is 248 g/mol. The zero-order chi connectivity index (χ0) is 12.6. The van der Waals surface area contributed by atoms with Crippen molar-refractivity contribution in [1.29, 1.82) is 0 Å². The fourth-order valence-corrected chi connectivity index (χ4v) is 3.15. The van der Waals surface area contributed by atoms with Gasteiger partial charge in [0, 0.05) is 37.6 Å². The van der Waals surface area contributed by atoms with Crippen LogP contribution in [0.2, 0.25) is 0 Å². The van der Waals surface area contributed by atoms with E-state index in [1.165, 1.54) is 19.4 Å². The maximum absolute atomic E-state index is 5.43. The van der Waals surface area contributed by atoms with Crippen molar-refractivity contribution in [3.05, 3.63) is 24.2 Å². The minimum absolute atomic E-state index is 0.343. The van der Waals surface area contributed by atoms with Gasteiger partial charge in [0.05, 0.1) is 6.26 Å². The highest BCUT2D eigenvalue weighted by atomic mass is 16.3. The first-order valence-corrected chi connectivity index (χ1v) is 7.19. The third-order valence-electron chi connectivity index (χ3n) is 4.66. The van der Waals surface area contributed by atoms with Crippen molar-refractivity contribution in [2.75, 3.05) is 19.6 Å². The number of hydrogen-bond donors (Lipinski definition) is 1. The van der Waals surface area contributed by atoms with Gasteiger partial charge in [0.15, 0.2) is 0 Å². The summed E-state index contributed by atoms with van der Waals surface area (Å²) >= 11 is 0. The van der Waals surface area contributed by atoms with E-state index in [4.69, 9.17) is 4.42 Å². The molecule has 2 atom stereocenters. The molecule has 1 aromatic heterocycles. The predicted molar refractivity (Wildman–Crippen MR) is 72.6 cm³/mol. The van der Waals surface area contributed by atoms with E-state index >= 15 is 0 Å². The summed E-state index contributed by atoms with van der Waals surface area (Å²) in [5.41, 5.74) is 0.343. The van der Waals surface area contributed by atoms with Gasteiger partial charge in [-0.15, -0.1) is 0 Å². The van der Waals surface area contributed by atoms with Crippen LogP contribution in [0.4, 0.5) is 0 Å². The van der Waals surface area contributed by atoms with E-state index < -0.39 is 0 Å². The fraction of sp³-hybridized carbons (Fsp3) is 0.733. The lowest BCUT2D eigenvalue weighted by Crippen LogP contribution is -2.63. The van der Waals surface area contributed by atoms with Gasteiger partial charge in [0.2, 0.25) is 0 Å². The van der Waals surface area contributed by atoms with Crippen molar-refractivity contribution in [1.82, 2.24) is 10.2 Å². The molecule has 1 saturated carbocycles. The number of furan rings is 1. The fourth-order valence-electron chi connectivity index (χ4n) is 3.15. The van der Waals surface area contributed by atoms with Gasteiger partial charge in [-0.05, 0) is 44.7 Å². The third kappa shape index (κ3) is 2.47. The molecule has 1 N–H and O–H groups in total. The summed E-state index contributed by atoms with van der Waals surface area (Å²) in [7, 11) is 0. The Labute approximate surface area is 110 Å². The van der Waals surface area contributed by atoms with E-state index in [-0.39, 0.29) is 0 Å². The summed E-state index contributed by atoms with van der Waals surface area (Å²) in [5, 5.41) is 3.77. The summed E-state index contributed by atoms with van der Waals surface area (Å²) in [6.07, 6.45) is 5.61. The zero-order valence-corrected chi connectivity index (χ0v) is 11.5. The predicted octanol–water partition coefficient (Wildman–Crippen LogP) is 2.28. The SMILES string of the molecule is CC1CNC(C)(C2CC2)CN1CCc1ccco1. The Morgan fingerprint density at radius 3 is 3.00 bits per heavy atom. The third-order valence-corrected chi connectivity index (χ3v) is 4.66. The number of nitrogens with zero attached hydrogens (tertiary/aromatic N) is 1. The smallest absolute Gasteiger partial charge is 0.105 e. The Hall–Kier alpha value is -0.800. The first-order chi connectivity index (χ1) is 8.67. The van der Waals surface area contributed by atoms with Crippen molar-refractivity contribution >= 4 is 0 Å². The summed E-state index contributed by atoms with van der Waals surface area (Å²) in [4.78, 5) is 2.62. The molecular formula is C15H24N2O. The first kappa shape index (κ1) is 12.2. The minimum atomic E-state index is 0.343. The van der Waals surface area contributed by atoms with Gasteiger partial charge in [-0.1, -0.05) is 0 Å². The van der Waals surface area contributed by atoms with Crippen LogP contribution in [0.1, 0.15) is 32.4 Å². The Balaban J connectivity index is 1.59. The van der Waals surface area contributed by atoms with Crippen LogP contribution in [0.25, 0.3) is 0 Å². The van der Waals surface area contributed by atoms with Crippen LogP contribution in [0, 0.1) is 5.92 Å². The molecule has 2 aliphatic rings. The summed E-state index contributed by atoms with van der Waals surface area (Å²) in [6.45, 7) is 8.13. The molecule has 1 aromatic rings. The van der Waals surface area contributed by atoms with E-state index in [1.807, 2.05) is 6.07 Å². The number of piperazine rings is 1. The Morgan fingerprint density at radius 1 is 1.50 bits per heavy atom. The molecule has 0 spiro atoms. The lowest BCUT2D eigenvalue weighted by atomic mass is 9.91. The number of hydrogen-bond acceptors (Lipinski definition) is 3. The molecule has 1 aliphatic carbocycles. The second kappa shape index (κ2) is 4.71. The molecule has 0 aromatic carbocycles. The highest BCUT2D eigenvalue weighted by Gasteiger charge is 2.45. The Bertz CT molecular complexity index is 385. The molecule has 3 nitrogen and oxygen atoms in total. The molecule has 3 heteroatoms. The summed E-state index contributed by atoms with van der Waals surface area (Å²) in [6, 6.07) is 4.68. The van der Waals surface area contributed by atoms with Crippen molar-refractivity contribution in [2.24, 2.45) is 5.92 Å². The van der Waals surface area contributed by atoms with Crippen LogP contribution < -0.4 is 5.32 Å². The average Bonchev–Trinajstić information content (AvgIpc) is 3.10. The normalized spacial score (nSPS) is 33.8. The van der Waals surface area contributed by atoms with Crippen LogP contribution in [-0.4, -0.2) is 36.1 Å². The first-order valence-electron chi connectivity index (χ1n) is 7.19. The molecule has 100 valence electrons.